The Morgan fingerprint density at radius 1 is 1.46 bits per heavy atom. The lowest BCUT2D eigenvalue weighted by atomic mass is 10.3. The Labute approximate surface area is 79.4 Å². The molecule has 1 rings (SSSR count). The van der Waals surface area contributed by atoms with Crippen LogP contribution in [-0.4, -0.2) is 42.1 Å². The Balaban J connectivity index is 1.96. The van der Waals surface area contributed by atoms with Crippen LogP contribution in [-0.2, 0) is 0 Å². The summed E-state index contributed by atoms with van der Waals surface area (Å²) in [4.78, 5) is 9.28. The first-order valence-electron chi connectivity index (χ1n) is 4.67. The van der Waals surface area contributed by atoms with Gasteiger partial charge >= 0.3 is 0 Å². The van der Waals surface area contributed by atoms with Gasteiger partial charge in [-0.15, -0.1) is 0 Å². The minimum atomic E-state index is 0.866. The maximum atomic E-state index is 4.07. The van der Waals surface area contributed by atoms with E-state index in [-0.39, 0.29) is 0 Å². The number of hydrogen-bond acceptors (Lipinski definition) is 3. The Bertz CT molecular complexity index is 205. The number of rotatable bonds is 6. The molecule has 2 N–H and O–H groups in total. The quantitative estimate of drug-likeness (QED) is 0.649. The third kappa shape index (κ3) is 4.52. The minimum Gasteiger partial charge on any atom is -0.356 e. The first kappa shape index (κ1) is 10.1. The molecule has 0 atom stereocenters. The van der Waals surface area contributed by atoms with E-state index in [1.807, 2.05) is 6.20 Å². The van der Waals surface area contributed by atoms with Crippen LogP contribution < -0.4 is 5.32 Å². The molecule has 4 nitrogen and oxygen atoms in total. The van der Waals surface area contributed by atoms with Crippen LogP contribution in [0.3, 0.4) is 0 Å². The van der Waals surface area contributed by atoms with E-state index < -0.39 is 0 Å². The summed E-state index contributed by atoms with van der Waals surface area (Å²) in [5.74, 6) is 0.866. The summed E-state index contributed by atoms with van der Waals surface area (Å²) in [6.07, 6.45) is 5.98. The molecule has 0 saturated heterocycles. The van der Waals surface area contributed by atoms with Crippen molar-refractivity contribution in [3.8, 4) is 0 Å². The van der Waals surface area contributed by atoms with Crippen molar-refractivity contribution in [3.05, 3.63) is 12.4 Å². The number of hydrogen-bond donors (Lipinski definition) is 2. The molecule has 13 heavy (non-hydrogen) atoms. The van der Waals surface area contributed by atoms with Crippen molar-refractivity contribution >= 4 is 5.95 Å². The molecule has 1 aromatic rings. The number of nitrogens with one attached hydrogen (secondary N) is 2. The Kier molecular flexibility index (Phi) is 4.32. The van der Waals surface area contributed by atoms with Crippen LogP contribution in [0.5, 0.6) is 0 Å². The molecule has 0 unspecified atom stereocenters. The van der Waals surface area contributed by atoms with Crippen molar-refractivity contribution in [2.24, 2.45) is 0 Å². The molecule has 0 aliphatic heterocycles. The van der Waals surface area contributed by atoms with E-state index in [4.69, 9.17) is 0 Å². The normalized spacial score (nSPS) is 10.7. The molecule has 4 heteroatoms. The van der Waals surface area contributed by atoms with Crippen molar-refractivity contribution in [1.82, 2.24) is 14.9 Å². The van der Waals surface area contributed by atoms with E-state index >= 15 is 0 Å². The lowest BCUT2D eigenvalue weighted by Crippen LogP contribution is -2.14. The first-order valence-corrected chi connectivity index (χ1v) is 4.67. The summed E-state index contributed by atoms with van der Waals surface area (Å²) in [7, 11) is 4.19. The average molecular weight is 182 g/mol. The van der Waals surface area contributed by atoms with E-state index in [0.29, 0.717) is 0 Å². The lowest BCUT2D eigenvalue weighted by Gasteiger charge is -2.08. The highest BCUT2D eigenvalue weighted by Crippen LogP contribution is 1.96. The van der Waals surface area contributed by atoms with E-state index in [9.17, 15) is 0 Å². The first-order chi connectivity index (χ1) is 6.29. The summed E-state index contributed by atoms with van der Waals surface area (Å²) in [5, 5.41) is 3.21. The smallest absolute Gasteiger partial charge is 0.200 e. The van der Waals surface area contributed by atoms with Crippen LogP contribution in [0, 0.1) is 0 Å². The summed E-state index contributed by atoms with van der Waals surface area (Å²) < 4.78 is 0. The van der Waals surface area contributed by atoms with Crippen LogP contribution in [0.1, 0.15) is 12.8 Å². The highest BCUT2D eigenvalue weighted by Gasteiger charge is 1.93. The number of imidazole rings is 1. The van der Waals surface area contributed by atoms with Gasteiger partial charge in [0.05, 0.1) is 0 Å². The van der Waals surface area contributed by atoms with Crippen molar-refractivity contribution in [3.63, 3.8) is 0 Å². The van der Waals surface area contributed by atoms with E-state index in [1.54, 1.807) is 6.20 Å². The number of aromatic nitrogens is 2. The van der Waals surface area contributed by atoms with Crippen molar-refractivity contribution < 1.29 is 0 Å². The molecule has 0 fully saturated rings. The zero-order valence-electron chi connectivity index (χ0n) is 8.38. The van der Waals surface area contributed by atoms with Gasteiger partial charge in [-0.1, -0.05) is 0 Å². The van der Waals surface area contributed by atoms with Crippen molar-refractivity contribution in [2.45, 2.75) is 12.8 Å². The number of nitrogens with zero attached hydrogens (tertiary/aromatic N) is 2. The lowest BCUT2D eigenvalue weighted by molar-refractivity contribution is 0.396. The fourth-order valence-corrected chi connectivity index (χ4v) is 1.12. The van der Waals surface area contributed by atoms with Gasteiger partial charge in [-0.2, -0.15) is 0 Å². The zero-order chi connectivity index (χ0) is 9.52. The molecule has 0 spiro atoms. The maximum absolute atomic E-state index is 4.07. The Morgan fingerprint density at radius 3 is 2.92 bits per heavy atom. The van der Waals surface area contributed by atoms with Gasteiger partial charge in [-0.25, -0.2) is 4.98 Å². The topological polar surface area (TPSA) is 44.0 Å². The molecule has 0 aliphatic carbocycles. The minimum absolute atomic E-state index is 0.866. The average Bonchev–Trinajstić information content (AvgIpc) is 2.55. The number of H-pyrrole nitrogens is 1. The molecule has 0 aromatic carbocycles. The fraction of sp³-hybridized carbons (Fsp3) is 0.667. The van der Waals surface area contributed by atoms with Gasteiger partial charge in [0.25, 0.3) is 0 Å². The highest BCUT2D eigenvalue weighted by atomic mass is 15.1. The second-order valence-corrected chi connectivity index (χ2v) is 3.37. The number of unbranched alkanes of at least 4 members (excludes halogenated alkanes) is 1. The zero-order valence-corrected chi connectivity index (χ0v) is 8.38. The van der Waals surface area contributed by atoms with E-state index in [1.165, 1.54) is 12.8 Å². The molecule has 0 amide bonds. The van der Waals surface area contributed by atoms with Gasteiger partial charge in [0, 0.05) is 18.9 Å². The molecule has 0 bridgehead atoms. The second kappa shape index (κ2) is 5.59. The highest BCUT2D eigenvalue weighted by molar-refractivity contribution is 5.22. The molecule has 74 valence electrons. The van der Waals surface area contributed by atoms with Gasteiger partial charge in [-0.3, -0.25) is 0 Å². The second-order valence-electron chi connectivity index (χ2n) is 3.37. The monoisotopic (exact) mass is 182 g/mol. The molecule has 0 radical (unpaired) electrons. The molecule has 0 aliphatic rings. The molecule has 0 saturated carbocycles. The van der Waals surface area contributed by atoms with Gasteiger partial charge in [-0.05, 0) is 33.5 Å². The molecular formula is C9H18N4. The summed E-state index contributed by atoms with van der Waals surface area (Å²) in [6.45, 7) is 2.14. The van der Waals surface area contributed by atoms with Crippen LogP contribution in [0.2, 0.25) is 0 Å². The van der Waals surface area contributed by atoms with Gasteiger partial charge in [0.2, 0.25) is 0 Å². The van der Waals surface area contributed by atoms with E-state index in [0.717, 1.165) is 19.0 Å². The van der Waals surface area contributed by atoms with E-state index in [2.05, 4.69) is 34.3 Å². The third-order valence-corrected chi connectivity index (χ3v) is 1.82. The summed E-state index contributed by atoms with van der Waals surface area (Å²) in [5.41, 5.74) is 0. The molecular weight excluding hydrogens is 164 g/mol. The van der Waals surface area contributed by atoms with Crippen molar-refractivity contribution in [2.75, 3.05) is 32.5 Å². The fourth-order valence-electron chi connectivity index (χ4n) is 1.12. The van der Waals surface area contributed by atoms with Gasteiger partial charge < -0.3 is 15.2 Å². The summed E-state index contributed by atoms with van der Waals surface area (Å²) in [6, 6.07) is 0. The van der Waals surface area contributed by atoms with Crippen molar-refractivity contribution in [1.29, 1.82) is 0 Å². The molecule has 1 aromatic heterocycles. The Hall–Kier alpha value is -1.03. The Morgan fingerprint density at radius 2 is 2.31 bits per heavy atom. The SMILES string of the molecule is CN(C)CCCCNc1ncc[nH]1. The van der Waals surface area contributed by atoms with Crippen LogP contribution in [0.4, 0.5) is 5.95 Å². The number of anilines is 1. The predicted octanol–water partition coefficient (Wildman–Crippen LogP) is 1.16. The number of aromatic amines is 1. The molecule has 1 heterocycles. The van der Waals surface area contributed by atoms with Gasteiger partial charge in [0.1, 0.15) is 0 Å². The standard InChI is InChI=1S/C9H18N4/c1-13(2)8-4-3-5-10-9-11-6-7-12-9/h6-7H,3-5,8H2,1-2H3,(H2,10,11,12). The van der Waals surface area contributed by atoms with Gasteiger partial charge in [0.15, 0.2) is 5.95 Å². The predicted molar refractivity (Wildman–Crippen MR) is 54.9 cm³/mol. The summed E-state index contributed by atoms with van der Waals surface area (Å²) >= 11 is 0. The maximum Gasteiger partial charge on any atom is 0.200 e. The van der Waals surface area contributed by atoms with Crippen LogP contribution in [0.25, 0.3) is 0 Å². The van der Waals surface area contributed by atoms with Crippen LogP contribution in [0.15, 0.2) is 12.4 Å². The van der Waals surface area contributed by atoms with Crippen LogP contribution >= 0.6 is 0 Å². The third-order valence-electron chi connectivity index (χ3n) is 1.82. The largest absolute Gasteiger partial charge is 0.356 e.